The van der Waals surface area contributed by atoms with E-state index in [2.05, 4.69) is 4.74 Å². The van der Waals surface area contributed by atoms with Gasteiger partial charge in [0, 0.05) is 5.56 Å². The molecule has 2 aromatic carbocycles. The minimum atomic E-state index is -0.682. The van der Waals surface area contributed by atoms with Crippen molar-refractivity contribution in [2.24, 2.45) is 5.73 Å². The Bertz CT molecular complexity index is 726. The summed E-state index contributed by atoms with van der Waals surface area (Å²) < 4.78 is 9.90. The Kier molecular flexibility index (Phi) is 4.53. The first-order valence-corrected chi connectivity index (χ1v) is 6.37. The summed E-state index contributed by atoms with van der Waals surface area (Å²) in [7, 11) is 1.21. The zero-order valence-corrected chi connectivity index (χ0v) is 11.8. The van der Waals surface area contributed by atoms with E-state index >= 15 is 0 Å². The molecule has 0 saturated carbocycles. The Hall–Kier alpha value is -3.15. The first kappa shape index (κ1) is 15.2. The molecule has 0 amide bonds. The van der Waals surface area contributed by atoms with Crippen LogP contribution in [0.3, 0.4) is 0 Å². The second-order valence-corrected chi connectivity index (χ2v) is 4.37. The molecule has 0 aromatic heterocycles. The lowest BCUT2D eigenvalue weighted by molar-refractivity contribution is 0.0593. The highest BCUT2D eigenvalue weighted by Gasteiger charge is 2.18. The fourth-order valence-electron chi connectivity index (χ4n) is 1.79. The minimum Gasteiger partial charge on any atom is -0.465 e. The van der Waals surface area contributed by atoms with Gasteiger partial charge in [-0.1, -0.05) is 18.2 Å². The normalized spacial score (nSPS) is 9.86. The molecule has 6 heteroatoms. The Labute approximate surface area is 127 Å². The molecular weight excluding hydrogens is 284 g/mol. The Morgan fingerprint density at radius 3 is 2.27 bits per heavy atom. The van der Waals surface area contributed by atoms with Crippen molar-refractivity contribution in [3.8, 4) is 5.75 Å². The number of methoxy groups -OCH3 is 1. The van der Waals surface area contributed by atoms with Crippen LogP contribution in [0.15, 0.2) is 48.5 Å². The number of ether oxygens (including phenoxy) is 2. The second kappa shape index (κ2) is 6.53. The molecule has 0 radical (unpaired) electrons. The van der Waals surface area contributed by atoms with Gasteiger partial charge in [0.25, 0.3) is 0 Å². The van der Waals surface area contributed by atoms with E-state index in [4.69, 9.17) is 15.9 Å². The highest BCUT2D eigenvalue weighted by Crippen LogP contribution is 2.22. The van der Waals surface area contributed by atoms with Crippen molar-refractivity contribution in [3.05, 3.63) is 65.2 Å². The van der Waals surface area contributed by atoms with E-state index in [1.807, 2.05) is 0 Å². The van der Waals surface area contributed by atoms with Gasteiger partial charge < -0.3 is 15.2 Å². The van der Waals surface area contributed by atoms with Crippen LogP contribution in [0.2, 0.25) is 0 Å². The Morgan fingerprint density at radius 2 is 1.68 bits per heavy atom. The van der Waals surface area contributed by atoms with Crippen LogP contribution in [0.25, 0.3) is 0 Å². The van der Waals surface area contributed by atoms with Gasteiger partial charge >= 0.3 is 11.9 Å². The zero-order valence-electron chi connectivity index (χ0n) is 11.8. The van der Waals surface area contributed by atoms with E-state index in [1.165, 1.54) is 25.3 Å². The summed E-state index contributed by atoms with van der Waals surface area (Å²) in [5, 5.41) is 7.39. The minimum absolute atomic E-state index is 0.0273. The molecular formula is C16H14N2O4. The average Bonchev–Trinajstić information content (AvgIpc) is 2.55. The second-order valence-electron chi connectivity index (χ2n) is 4.37. The smallest absolute Gasteiger partial charge is 0.343 e. The van der Waals surface area contributed by atoms with Crippen LogP contribution in [0.4, 0.5) is 0 Å². The zero-order chi connectivity index (χ0) is 16.1. The van der Waals surface area contributed by atoms with Gasteiger partial charge in [0.2, 0.25) is 0 Å². The maximum atomic E-state index is 12.1. The summed E-state index contributed by atoms with van der Waals surface area (Å²) in [6, 6.07) is 12.6. The van der Waals surface area contributed by atoms with Crippen LogP contribution in [0.5, 0.6) is 5.75 Å². The monoisotopic (exact) mass is 298 g/mol. The molecule has 0 fully saturated rings. The van der Waals surface area contributed by atoms with E-state index in [-0.39, 0.29) is 17.1 Å². The van der Waals surface area contributed by atoms with Crippen LogP contribution in [0.1, 0.15) is 26.3 Å². The molecule has 2 aromatic rings. The molecule has 0 aliphatic rings. The molecule has 112 valence electrons. The van der Waals surface area contributed by atoms with Crippen molar-refractivity contribution in [2.75, 3.05) is 7.11 Å². The number of hydrogen-bond donors (Lipinski definition) is 2. The van der Waals surface area contributed by atoms with Crippen molar-refractivity contribution in [3.63, 3.8) is 0 Å². The van der Waals surface area contributed by atoms with Gasteiger partial charge in [-0.15, -0.1) is 0 Å². The lowest BCUT2D eigenvalue weighted by atomic mass is 10.1. The molecule has 3 N–H and O–H groups in total. The number of carbonyl (C=O) groups excluding carboxylic acids is 2. The number of rotatable bonds is 4. The number of esters is 2. The van der Waals surface area contributed by atoms with Crippen molar-refractivity contribution in [1.29, 1.82) is 5.41 Å². The standard InChI is InChI=1S/C16H14N2O4/c1-21-16(20)12-9-11(14(17)18)7-8-13(12)22-15(19)10-5-3-2-4-6-10/h2-9H,1H3,(H3,17,18). The van der Waals surface area contributed by atoms with Gasteiger partial charge in [0.05, 0.1) is 12.7 Å². The Balaban J connectivity index is 2.36. The number of nitrogens with one attached hydrogen (secondary N) is 1. The number of nitrogen functional groups attached to an aromatic ring is 1. The van der Waals surface area contributed by atoms with E-state index in [9.17, 15) is 9.59 Å². The summed E-state index contributed by atoms with van der Waals surface area (Å²) in [6.07, 6.45) is 0. The first-order chi connectivity index (χ1) is 10.5. The predicted octanol–water partition coefficient (Wildman–Crippen LogP) is 1.98. The average molecular weight is 298 g/mol. The quantitative estimate of drug-likeness (QED) is 0.389. The molecule has 0 spiro atoms. The van der Waals surface area contributed by atoms with Gasteiger partial charge in [0.1, 0.15) is 17.1 Å². The molecule has 2 rings (SSSR count). The fourth-order valence-corrected chi connectivity index (χ4v) is 1.79. The van der Waals surface area contributed by atoms with Crippen LogP contribution < -0.4 is 10.5 Å². The van der Waals surface area contributed by atoms with E-state index in [0.717, 1.165) is 0 Å². The predicted molar refractivity (Wildman–Crippen MR) is 80.2 cm³/mol. The number of nitrogens with two attached hydrogens (primary N) is 1. The first-order valence-electron chi connectivity index (χ1n) is 6.37. The third-order valence-electron chi connectivity index (χ3n) is 2.91. The molecule has 0 unspecified atom stereocenters. The number of benzene rings is 2. The summed E-state index contributed by atoms with van der Waals surface area (Å²) in [6.45, 7) is 0. The molecule has 0 aliphatic heterocycles. The molecule has 0 atom stereocenters. The molecule has 6 nitrogen and oxygen atoms in total. The summed E-state index contributed by atoms with van der Waals surface area (Å²) in [5.74, 6) is -1.43. The van der Waals surface area contributed by atoms with Gasteiger partial charge in [-0.05, 0) is 30.3 Å². The van der Waals surface area contributed by atoms with Gasteiger partial charge in [0.15, 0.2) is 0 Å². The van der Waals surface area contributed by atoms with Crippen molar-refractivity contribution in [2.45, 2.75) is 0 Å². The fraction of sp³-hybridized carbons (Fsp3) is 0.0625. The molecule has 0 bridgehead atoms. The molecule has 22 heavy (non-hydrogen) atoms. The third kappa shape index (κ3) is 3.29. The number of amidine groups is 1. The SMILES string of the molecule is COC(=O)c1cc(C(=N)N)ccc1OC(=O)c1ccccc1. The number of carbonyl (C=O) groups is 2. The molecule has 0 saturated heterocycles. The van der Waals surface area contributed by atoms with E-state index < -0.39 is 11.9 Å². The van der Waals surface area contributed by atoms with Crippen LogP contribution >= 0.6 is 0 Å². The summed E-state index contributed by atoms with van der Waals surface area (Å²) in [5.41, 5.74) is 6.11. The number of hydrogen-bond acceptors (Lipinski definition) is 5. The van der Waals surface area contributed by atoms with Crippen LogP contribution in [-0.4, -0.2) is 24.9 Å². The third-order valence-corrected chi connectivity index (χ3v) is 2.91. The summed E-state index contributed by atoms with van der Waals surface area (Å²) in [4.78, 5) is 23.9. The van der Waals surface area contributed by atoms with Crippen LogP contribution in [-0.2, 0) is 4.74 Å². The van der Waals surface area contributed by atoms with Crippen molar-refractivity contribution >= 4 is 17.8 Å². The lowest BCUT2D eigenvalue weighted by Crippen LogP contribution is -2.15. The largest absolute Gasteiger partial charge is 0.465 e. The summed E-state index contributed by atoms with van der Waals surface area (Å²) >= 11 is 0. The maximum absolute atomic E-state index is 12.1. The van der Waals surface area contributed by atoms with Crippen molar-refractivity contribution < 1.29 is 19.1 Å². The van der Waals surface area contributed by atoms with E-state index in [0.29, 0.717) is 11.1 Å². The molecule has 0 heterocycles. The lowest BCUT2D eigenvalue weighted by Gasteiger charge is -2.10. The topological polar surface area (TPSA) is 102 Å². The highest BCUT2D eigenvalue weighted by atomic mass is 16.5. The van der Waals surface area contributed by atoms with E-state index in [1.54, 1.807) is 30.3 Å². The van der Waals surface area contributed by atoms with Gasteiger partial charge in [-0.3, -0.25) is 5.41 Å². The van der Waals surface area contributed by atoms with Gasteiger partial charge in [-0.2, -0.15) is 0 Å². The van der Waals surface area contributed by atoms with Crippen LogP contribution in [0, 0.1) is 5.41 Å². The Morgan fingerprint density at radius 1 is 1.00 bits per heavy atom. The highest BCUT2D eigenvalue weighted by molar-refractivity contribution is 6.01. The van der Waals surface area contributed by atoms with Gasteiger partial charge in [-0.25, -0.2) is 9.59 Å². The van der Waals surface area contributed by atoms with Crippen molar-refractivity contribution in [1.82, 2.24) is 0 Å². The maximum Gasteiger partial charge on any atom is 0.343 e. The molecule has 0 aliphatic carbocycles.